The van der Waals surface area contributed by atoms with E-state index >= 15 is 0 Å². The van der Waals surface area contributed by atoms with Crippen LogP contribution in [0.3, 0.4) is 0 Å². The molecule has 0 spiro atoms. The Labute approximate surface area is 125 Å². The summed E-state index contributed by atoms with van der Waals surface area (Å²) in [6.45, 7) is 0.748. The van der Waals surface area contributed by atoms with Crippen molar-refractivity contribution < 1.29 is 4.74 Å². The van der Waals surface area contributed by atoms with Crippen LogP contribution in [0, 0.1) is 5.92 Å². The molecule has 2 atom stereocenters. The molecule has 8 heteroatoms. The van der Waals surface area contributed by atoms with Crippen LogP contribution in [0.25, 0.3) is 11.2 Å². The second-order valence-corrected chi connectivity index (χ2v) is 6.21. The SMILES string of the molecule is Cn1c(=O)[nH]c(=O)c2[nH]c(NC3CCOC(C4CC4)C3)nc21. The van der Waals surface area contributed by atoms with E-state index in [-0.39, 0.29) is 6.04 Å². The van der Waals surface area contributed by atoms with E-state index in [1.807, 2.05) is 0 Å². The zero-order chi connectivity index (χ0) is 15.3. The van der Waals surface area contributed by atoms with E-state index in [2.05, 4.69) is 20.3 Å². The molecule has 1 aliphatic heterocycles. The molecule has 1 aliphatic carbocycles. The van der Waals surface area contributed by atoms with Gasteiger partial charge in [0, 0.05) is 19.7 Å². The lowest BCUT2D eigenvalue weighted by Gasteiger charge is -2.30. The summed E-state index contributed by atoms with van der Waals surface area (Å²) < 4.78 is 7.14. The molecule has 1 saturated carbocycles. The van der Waals surface area contributed by atoms with Gasteiger partial charge in [-0.05, 0) is 31.6 Å². The molecule has 0 amide bonds. The molecular weight excluding hydrogens is 286 g/mol. The Hall–Kier alpha value is -2.09. The van der Waals surface area contributed by atoms with E-state index in [1.165, 1.54) is 17.4 Å². The number of aryl methyl sites for hydroxylation is 1. The molecule has 0 radical (unpaired) electrons. The maximum absolute atomic E-state index is 11.8. The molecule has 22 heavy (non-hydrogen) atoms. The molecule has 2 aromatic heterocycles. The van der Waals surface area contributed by atoms with Crippen molar-refractivity contribution in [1.29, 1.82) is 0 Å². The first-order valence-electron chi connectivity index (χ1n) is 7.69. The van der Waals surface area contributed by atoms with Crippen molar-refractivity contribution in [2.24, 2.45) is 13.0 Å². The fourth-order valence-electron chi connectivity index (χ4n) is 3.12. The first-order valence-corrected chi connectivity index (χ1v) is 7.69. The summed E-state index contributed by atoms with van der Waals surface area (Å²) >= 11 is 0. The maximum atomic E-state index is 11.8. The number of rotatable bonds is 3. The van der Waals surface area contributed by atoms with Crippen molar-refractivity contribution >= 4 is 17.1 Å². The van der Waals surface area contributed by atoms with Gasteiger partial charge in [0.15, 0.2) is 11.2 Å². The lowest BCUT2D eigenvalue weighted by atomic mass is 10.0. The monoisotopic (exact) mass is 305 g/mol. The number of hydrogen-bond acceptors (Lipinski definition) is 5. The molecule has 8 nitrogen and oxygen atoms in total. The molecule has 0 aromatic carbocycles. The predicted molar refractivity (Wildman–Crippen MR) is 81.1 cm³/mol. The van der Waals surface area contributed by atoms with Gasteiger partial charge in [0.1, 0.15) is 0 Å². The van der Waals surface area contributed by atoms with Gasteiger partial charge in [0.05, 0.1) is 6.10 Å². The molecule has 118 valence electrons. The van der Waals surface area contributed by atoms with E-state index in [0.29, 0.717) is 29.1 Å². The highest BCUT2D eigenvalue weighted by atomic mass is 16.5. The first kappa shape index (κ1) is 13.6. The van der Waals surface area contributed by atoms with Crippen LogP contribution < -0.4 is 16.6 Å². The Morgan fingerprint density at radius 3 is 2.86 bits per heavy atom. The lowest BCUT2D eigenvalue weighted by molar-refractivity contribution is -0.00227. The summed E-state index contributed by atoms with van der Waals surface area (Å²) in [5, 5.41) is 3.34. The van der Waals surface area contributed by atoms with Crippen LogP contribution in [0.2, 0.25) is 0 Å². The number of nitrogens with zero attached hydrogens (tertiary/aromatic N) is 2. The molecular formula is C14H19N5O3. The van der Waals surface area contributed by atoms with Gasteiger partial charge in [-0.25, -0.2) is 4.79 Å². The number of H-pyrrole nitrogens is 2. The van der Waals surface area contributed by atoms with Crippen LogP contribution in [0.4, 0.5) is 5.95 Å². The minimum Gasteiger partial charge on any atom is -0.378 e. The topological polar surface area (TPSA) is 105 Å². The third kappa shape index (κ3) is 2.33. The van der Waals surface area contributed by atoms with Crippen molar-refractivity contribution in [3.8, 4) is 0 Å². The standard InChI is InChI=1S/C14H19N5O3/c1-19-11-10(12(20)18-14(19)21)16-13(17-11)15-8-4-5-22-9(6-8)7-2-3-7/h7-9H,2-6H2,1H3,(H2,15,16,17)(H,18,20,21). The van der Waals surface area contributed by atoms with Crippen molar-refractivity contribution in [1.82, 2.24) is 19.5 Å². The van der Waals surface area contributed by atoms with Crippen molar-refractivity contribution in [2.45, 2.75) is 37.8 Å². The Bertz CT molecular complexity index is 816. The second-order valence-electron chi connectivity index (χ2n) is 6.21. The Kier molecular flexibility index (Phi) is 3.07. The van der Waals surface area contributed by atoms with E-state index in [0.717, 1.165) is 19.4 Å². The summed E-state index contributed by atoms with van der Waals surface area (Å²) in [4.78, 5) is 33.0. The highest BCUT2D eigenvalue weighted by Crippen LogP contribution is 2.38. The summed E-state index contributed by atoms with van der Waals surface area (Å²) in [6, 6.07) is 0.274. The Morgan fingerprint density at radius 1 is 1.27 bits per heavy atom. The second kappa shape index (κ2) is 4.98. The smallest absolute Gasteiger partial charge is 0.329 e. The maximum Gasteiger partial charge on any atom is 0.329 e. The third-order valence-electron chi connectivity index (χ3n) is 4.56. The summed E-state index contributed by atoms with van der Waals surface area (Å²) in [7, 11) is 1.59. The molecule has 2 fully saturated rings. The van der Waals surface area contributed by atoms with Crippen molar-refractivity contribution in [2.75, 3.05) is 11.9 Å². The van der Waals surface area contributed by atoms with Gasteiger partial charge in [0.2, 0.25) is 5.95 Å². The number of fused-ring (bicyclic) bond motifs is 1. The molecule has 2 unspecified atom stereocenters. The molecule has 3 heterocycles. The number of aromatic nitrogens is 4. The van der Waals surface area contributed by atoms with E-state index in [1.54, 1.807) is 7.05 Å². The number of nitrogens with one attached hydrogen (secondary N) is 3. The largest absolute Gasteiger partial charge is 0.378 e. The number of imidazole rings is 1. The van der Waals surface area contributed by atoms with Crippen LogP contribution in [-0.4, -0.2) is 38.3 Å². The molecule has 2 aliphatic rings. The number of aromatic amines is 2. The highest BCUT2D eigenvalue weighted by Gasteiger charge is 2.36. The molecule has 1 saturated heterocycles. The highest BCUT2D eigenvalue weighted by molar-refractivity contribution is 5.72. The lowest BCUT2D eigenvalue weighted by Crippen LogP contribution is -2.35. The predicted octanol–water partition coefficient (Wildman–Crippen LogP) is 0.319. The van der Waals surface area contributed by atoms with Crippen molar-refractivity contribution in [3.05, 3.63) is 20.8 Å². The van der Waals surface area contributed by atoms with E-state index in [4.69, 9.17) is 4.74 Å². The number of ether oxygens (including phenoxy) is 1. The quantitative estimate of drug-likeness (QED) is 0.757. The average Bonchev–Trinajstić information content (AvgIpc) is 3.26. The van der Waals surface area contributed by atoms with Crippen LogP contribution in [-0.2, 0) is 11.8 Å². The van der Waals surface area contributed by atoms with Gasteiger partial charge in [0.25, 0.3) is 5.56 Å². The van der Waals surface area contributed by atoms with E-state index < -0.39 is 11.2 Å². The van der Waals surface area contributed by atoms with Gasteiger partial charge in [-0.2, -0.15) is 4.98 Å². The normalized spacial score (nSPS) is 25.5. The number of anilines is 1. The first-order chi connectivity index (χ1) is 10.6. The van der Waals surface area contributed by atoms with Gasteiger partial charge in [-0.1, -0.05) is 0 Å². The fraction of sp³-hybridized carbons (Fsp3) is 0.643. The Morgan fingerprint density at radius 2 is 2.09 bits per heavy atom. The Balaban J connectivity index is 1.59. The zero-order valence-corrected chi connectivity index (χ0v) is 12.4. The molecule has 0 bridgehead atoms. The minimum atomic E-state index is -0.463. The summed E-state index contributed by atoms with van der Waals surface area (Å²) in [5.74, 6) is 1.24. The van der Waals surface area contributed by atoms with Crippen LogP contribution in [0.1, 0.15) is 25.7 Å². The molecule has 4 rings (SSSR count). The molecule has 3 N–H and O–H groups in total. The summed E-state index contributed by atoms with van der Waals surface area (Å²) in [6.07, 6.45) is 4.73. The zero-order valence-electron chi connectivity index (χ0n) is 12.4. The molecule has 2 aromatic rings. The fourth-order valence-corrected chi connectivity index (χ4v) is 3.12. The minimum absolute atomic E-state index is 0.274. The summed E-state index contributed by atoms with van der Waals surface area (Å²) in [5.41, 5.74) is -0.227. The van der Waals surface area contributed by atoms with Crippen LogP contribution >= 0.6 is 0 Å². The van der Waals surface area contributed by atoms with Gasteiger partial charge >= 0.3 is 5.69 Å². The van der Waals surface area contributed by atoms with Crippen LogP contribution in [0.5, 0.6) is 0 Å². The van der Waals surface area contributed by atoms with Crippen molar-refractivity contribution in [3.63, 3.8) is 0 Å². The van der Waals surface area contributed by atoms with Gasteiger partial charge in [-0.15, -0.1) is 0 Å². The van der Waals surface area contributed by atoms with Crippen LogP contribution in [0.15, 0.2) is 9.59 Å². The van der Waals surface area contributed by atoms with Gasteiger partial charge in [-0.3, -0.25) is 14.3 Å². The van der Waals surface area contributed by atoms with Gasteiger partial charge < -0.3 is 15.0 Å². The average molecular weight is 305 g/mol. The van der Waals surface area contributed by atoms with E-state index in [9.17, 15) is 9.59 Å². The number of hydrogen-bond donors (Lipinski definition) is 3. The third-order valence-corrected chi connectivity index (χ3v) is 4.56.